The zero-order valence-corrected chi connectivity index (χ0v) is 12.2. The molecule has 2 aliphatic heterocycles. The molecule has 0 bridgehead atoms. The van der Waals surface area contributed by atoms with Gasteiger partial charge >= 0.3 is 0 Å². The lowest BCUT2D eigenvalue weighted by molar-refractivity contribution is -0.0589. The Labute approximate surface area is 112 Å². The largest absolute Gasteiger partial charge is 0.374 e. The van der Waals surface area contributed by atoms with Crippen molar-refractivity contribution in [3.8, 4) is 0 Å². The Morgan fingerprint density at radius 3 is 2.89 bits per heavy atom. The molecular formula is C14H29N3O. The molecule has 0 aliphatic carbocycles. The van der Waals surface area contributed by atoms with E-state index in [4.69, 9.17) is 4.74 Å². The van der Waals surface area contributed by atoms with Gasteiger partial charge < -0.3 is 10.1 Å². The monoisotopic (exact) mass is 255 g/mol. The van der Waals surface area contributed by atoms with E-state index in [9.17, 15) is 0 Å². The summed E-state index contributed by atoms with van der Waals surface area (Å²) in [6.45, 7) is 14.4. The Morgan fingerprint density at radius 1 is 1.33 bits per heavy atom. The van der Waals surface area contributed by atoms with Crippen LogP contribution in [0.25, 0.3) is 0 Å². The molecule has 2 heterocycles. The number of nitrogens with zero attached hydrogens (tertiary/aromatic N) is 2. The highest BCUT2D eigenvalue weighted by atomic mass is 16.5. The molecule has 0 saturated carbocycles. The predicted octanol–water partition coefficient (Wildman–Crippen LogP) is 0.779. The second-order valence-electron chi connectivity index (χ2n) is 5.84. The highest BCUT2D eigenvalue weighted by molar-refractivity contribution is 4.83. The van der Waals surface area contributed by atoms with Gasteiger partial charge in [0.05, 0.1) is 12.7 Å². The molecule has 2 unspecified atom stereocenters. The van der Waals surface area contributed by atoms with Crippen LogP contribution in [0, 0.1) is 0 Å². The molecule has 0 aromatic carbocycles. The van der Waals surface area contributed by atoms with E-state index in [1.54, 1.807) is 0 Å². The Morgan fingerprint density at radius 2 is 2.17 bits per heavy atom. The number of morpholine rings is 1. The first-order chi connectivity index (χ1) is 8.70. The van der Waals surface area contributed by atoms with Crippen LogP contribution in [0.3, 0.4) is 0 Å². The van der Waals surface area contributed by atoms with E-state index in [1.807, 2.05) is 0 Å². The van der Waals surface area contributed by atoms with E-state index in [2.05, 4.69) is 35.9 Å². The average molecular weight is 255 g/mol. The van der Waals surface area contributed by atoms with Crippen LogP contribution < -0.4 is 5.32 Å². The summed E-state index contributed by atoms with van der Waals surface area (Å²) in [5, 5.41) is 3.49. The van der Waals surface area contributed by atoms with E-state index >= 15 is 0 Å². The lowest BCUT2D eigenvalue weighted by Crippen LogP contribution is -2.56. The Kier molecular flexibility index (Phi) is 5.42. The first kappa shape index (κ1) is 14.3. The Bertz CT molecular complexity index is 247. The summed E-state index contributed by atoms with van der Waals surface area (Å²) in [4.78, 5) is 5.16. The fraction of sp³-hybridized carbons (Fsp3) is 1.00. The topological polar surface area (TPSA) is 27.7 Å². The molecule has 0 spiro atoms. The smallest absolute Gasteiger partial charge is 0.0829 e. The van der Waals surface area contributed by atoms with Crippen LogP contribution in [0.2, 0.25) is 0 Å². The molecule has 2 fully saturated rings. The third-order valence-corrected chi connectivity index (χ3v) is 4.28. The molecule has 2 atom stereocenters. The molecule has 2 rings (SSSR count). The summed E-state index contributed by atoms with van der Waals surface area (Å²) < 4.78 is 5.95. The third-order valence-electron chi connectivity index (χ3n) is 4.28. The van der Waals surface area contributed by atoms with Gasteiger partial charge in [0.2, 0.25) is 0 Å². The molecule has 18 heavy (non-hydrogen) atoms. The number of nitrogens with one attached hydrogen (secondary N) is 1. The van der Waals surface area contributed by atoms with Crippen molar-refractivity contribution in [2.45, 2.75) is 45.4 Å². The maximum absolute atomic E-state index is 5.95. The van der Waals surface area contributed by atoms with Crippen LogP contribution >= 0.6 is 0 Å². The molecule has 2 aliphatic rings. The van der Waals surface area contributed by atoms with Gasteiger partial charge in [0.1, 0.15) is 0 Å². The van der Waals surface area contributed by atoms with Crippen molar-refractivity contribution in [3.63, 3.8) is 0 Å². The van der Waals surface area contributed by atoms with Gasteiger partial charge in [-0.3, -0.25) is 9.80 Å². The molecule has 106 valence electrons. The van der Waals surface area contributed by atoms with Crippen molar-refractivity contribution in [3.05, 3.63) is 0 Å². The zero-order valence-electron chi connectivity index (χ0n) is 12.2. The van der Waals surface area contributed by atoms with Crippen LogP contribution in [-0.4, -0.2) is 73.9 Å². The minimum absolute atomic E-state index is 0.397. The van der Waals surface area contributed by atoms with Gasteiger partial charge in [0, 0.05) is 51.4 Å². The van der Waals surface area contributed by atoms with Crippen LogP contribution in [0.1, 0.15) is 27.2 Å². The number of hydrogen-bond donors (Lipinski definition) is 1. The van der Waals surface area contributed by atoms with E-state index in [-0.39, 0.29) is 0 Å². The fourth-order valence-electron chi connectivity index (χ4n) is 3.03. The Balaban J connectivity index is 1.84. The number of piperazine rings is 1. The molecule has 0 aromatic rings. The average Bonchev–Trinajstić information content (AvgIpc) is 2.39. The number of rotatable bonds is 4. The molecule has 4 nitrogen and oxygen atoms in total. The normalized spacial score (nSPS) is 32.0. The van der Waals surface area contributed by atoms with Gasteiger partial charge in [-0.25, -0.2) is 0 Å². The van der Waals surface area contributed by atoms with Crippen molar-refractivity contribution < 1.29 is 4.74 Å². The standard InChI is InChI=1S/C14H29N3O/c1-4-13-9-15-5-6-17(13)11-14-10-16(12(2)3)7-8-18-14/h12-15H,4-11H2,1-3H3. The van der Waals surface area contributed by atoms with Gasteiger partial charge in [-0.1, -0.05) is 6.92 Å². The van der Waals surface area contributed by atoms with Crippen LogP contribution in [-0.2, 0) is 4.74 Å². The second-order valence-corrected chi connectivity index (χ2v) is 5.84. The first-order valence-electron chi connectivity index (χ1n) is 7.51. The zero-order chi connectivity index (χ0) is 13.0. The number of hydrogen-bond acceptors (Lipinski definition) is 4. The lowest BCUT2D eigenvalue weighted by Gasteiger charge is -2.41. The van der Waals surface area contributed by atoms with Crippen molar-refractivity contribution in [2.75, 3.05) is 45.9 Å². The molecular weight excluding hydrogens is 226 g/mol. The van der Waals surface area contributed by atoms with Gasteiger partial charge in [0.15, 0.2) is 0 Å². The number of ether oxygens (including phenoxy) is 1. The third kappa shape index (κ3) is 3.67. The SMILES string of the molecule is CCC1CNCCN1CC1CN(C(C)C)CCO1. The summed E-state index contributed by atoms with van der Waals surface area (Å²) in [5.41, 5.74) is 0. The van der Waals surface area contributed by atoms with Gasteiger partial charge in [0.25, 0.3) is 0 Å². The summed E-state index contributed by atoms with van der Waals surface area (Å²) in [5.74, 6) is 0. The maximum Gasteiger partial charge on any atom is 0.0829 e. The molecule has 0 aromatic heterocycles. The molecule has 0 amide bonds. The molecule has 2 saturated heterocycles. The van der Waals surface area contributed by atoms with Crippen molar-refractivity contribution in [1.29, 1.82) is 0 Å². The maximum atomic E-state index is 5.95. The van der Waals surface area contributed by atoms with Gasteiger partial charge in [-0.2, -0.15) is 0 Å². The van der Waals surface area contributed by atoms with Crippen LogP contribution in [0.4, 0.5) is 0 Å². The van der Waals surface area contributed by atoms with Crippen LogP contribution in [0.15, 0.2) is 0 Å². The van der Waals surface area contributed by atoms with Crippen molar-refractivity contribution in [2.24, 2.45) is 0 Å². The summed E-state index contributed by atoms with van der Waals surface area (Å²) in [6.07, 6.45) is 1.63. The summed E-state index contributed by atoms with van der Waals surface area (Å²) >= 11 is 0. The first-order valence-corrected chi connectivity index (χ1v) is 7.51. The molecule has 1 N–H and O–H groups in total. The fourth-order valence-corrected chi connectivity index (χ4v) is 3.03. The second kappa shape index (κ2) is 6.85. The quantitative estimate of drug-likeness (QED) is 0.803. The van der Waals surface area contributed by atoms with Crippen molar-refractivity contribution in [1.82, 2.24) is 15.1 Å². The van der Waals surface area contributed by atoms with Crippen molar-refractivity contribution >= 4 is 0 Å². The lowest BCUT2D eigenvalue weighted by atomic mass is 10.1. The summed E-state index contributed by atoms with van der Waals surface area (Å²) in [6, 6.07) is 1.33. The highest BCUT2D eigenvalue weighted by Crippen LogP contribution is 2.13. The van der Waals surface area contributed by atoms with E-state index in [0.29, 0.717) is 18.2 Å². The minimum Gasteiger partial charge on any atom is -0.374 e. The minimum atomic E-state index is 0.397. The van der Waals surface area contributed by atoms with E-state index < -0.39 is 0 Å². The highest BCUT2D eigenvalue weighted by Gasteiger charge is 2.27. The van der Waals surface area contributed by atoms with Crippen LogP contribution in [0.5, 0.6) is 0 Å². The predicted molar refractivity (Wildman–Crippen MR) is 75.0 cm³/mol. The van der Waals surface area contributed by atoms with E-state index in [0.717, 1.165) is 39.3 Å². The summed E-state index contributed by atoms with van der Waals surface area (Å²) in [7, 11) is 0. The van der Waals surface area contributed by atoms with E-state index in [1.165, 1.54) is 13.0 Å². The van der Waals surface area contributed by atoms with Gasteiger partial charge in [-0.15, -0.1) is 0 Å². The van der Waals surface area contributed by atoms with Gasteiger partial charge in [-0.05, 0) is 20.3 Å². The molecule has 4 heteroatoms. The Hall–Kier alpha value is -0.160. The molecule has 0 radical (unpaired) electrons.